The van der Waals surface area contributed by atoms with E-state index in [0.29, 0.717) is 6.42 Å². The van der Waals surface area contributed by atoms with Gasteiger partial charge in [-0.2, -0.15) is 5.26 Å². The monoisotopic (exact) mass is 184 g/mol. The number of hydrogen-bond donors (Lipinski definition) is 0. The van der Waals surface area contributed by atoms with E-state index >= 15 is 0 Å². The predicted octanol–water partition coefficient (Wildman–Crippen LogP) is 2.82. The largest absolute Gasteiger partial charge is 0.264 e. The number of pyridine rings is 1. The fourth-order valence-electron chi connectivity index (χ4n) is 1.29. The molecule has 0 spiro atoms. The van der Waals surface area contributed by atoms with Crippen molar-refractivity contribution in [2.45, 2.75) is 13.3 Å². The highest BCUT2D eigenvalue weighted by molar-refractivity contribution is 5.66. The number of aromatic nitrogens is 1. The lowest BCUT2D eigenvalue weighted by Crippen LogP contribution is -1.92. The second-order valence-electron chi connectivity index (χ2n) is 2.84. The molecule has 0 aliphatic rings. The maximum absolute atomic E-state index is 8.65. The summed E-state index contributed by atoms with van der Waals surface area (Å²) in [5.41, 5.74) is 2.96. The van der Waals surface area contributed by atoms with E-state index in [1.165, 1.54) is 0 Å². The number of allylic oxidation sites excluding steroid dienone is 1. The molecule has 0 aromatic carbocycles. The van der Waals surface area contributed by atoms with Crippen LogP contribution >= 0.6 is 0 Å². The molecule has 0 atom stereocenters. The fraction of sp³-hybridized carbons (Fsp3) is 0.167. The molecule has 0 aliphatic carbocycles. The Bertz CT molecular complexity index is 397. The Kier molecular flexibility index (Phi) is 3.63. The standard InChI is InChI=1S/C12H12N2/c1-3-5-12-10(4-2)8-14-9-11(12)6-7-13/h3-5,8-9H,2,6H2,1H3/b5-3-. The van der Waals surface area contributed by atoms with Gasteiger partial charge >= 0.3 is 0 Å². The first kappa shape index (κ1) is 10.2. The zero-order valence-corrected chi connectivity index (χ0v) is 8.20. The van der Waals surface area contributed by atoms with E-state index in [0.717, 1.165) is 16.7 Å². The Hall–Kier alpha value is -1.88. The normalized spacial score (nSPS) is 10.0. The van der Waals surface area contributed by atoms with Gasteiger partial charge in [0.1, 0.15) is 0 Å². The first-order chi connectivity index (χ1) is 6.83. The van der Waals surface area contributed by atoms with Gasteiger partial charge in [-0.25, -0.2) is 0 Å². The van der Waals surface area contributed by atoms with Crippen LogP contribution in [0, 0.1) is 11.3 Å². The van der Waals surface area contributed by atoms with Gasteiger partial charge in [-0.05, 0) is 23.6 Å². The molecule has 0 amide bonds. The van der Waals surface area contributed by atoms with Crippen molar-refractivity contribution >= 4 is 12.2 Å². The van der Waals surface area contributed by atoms with Crippen molar-refractivity contribution in [3.05, 3.63) is 41.7 Å². The zero-order chi connectivity index (χ0) is 10.4. The molecule has 1 aromatic rings. The maximum atomic E-state index is 8.65. The van der Waals surface area contributed by atoms with Gasteiger partial charge in [0.25, 0.3) is 0 Å². The molecule has 1 aromatic heterocycles. The molecule has 14 heavy (non-hydrogen) atoms. The molecular formula is C12H12N2. The smallest absolute Gasteiger partial charge is 0.0670 e. The van der Waals surface area contributed by atoms with Crippen molar-refractivity contribution in [3.63, 3.8) is 0 Å². The lowest BCUT2D eigenvalue weighted by atomic mass is 10.0. The minimum atomic E-state index is 0.383. The Morgan fingerprint density at radius 3 is 2.93 bits per heavy atom. The number of nitriles is 1. The minimum absolute atomic E-state index is 0.383. The first-order valence-corrected chi connectivity index (χ1v) is 4.42. The van der Waals surface area contributed by atoms with E-state index in [1.807, 2.05) is 19.1 Å². The zero-order valence-electron chi connectivity index (χ0n) is 8.20. The third-order valence-electron chi connectivity index (χ3n) is 1.92. The minimum Gasteiger partial charge on any atom is -0.264 e. The van der Waals surface area contributed by atoms with Crippen LogP contribution < -0.4 is 0 Å². The van der Waals surface area contributed by atoms with Crippen molar-refractivity contribution in [1.29, 1.82) is 5.26 Å². The summed E-state index contributed by atoms with van der Waals surface area (Å²) in [6, 6.07) is 2.13. The highest BCUT2D eigenvalue weighted by atomic mass is 14.6. The summed E-state index contributed by atoms with van der Waals surface area (Å²) >= 11 is 0. The van der Waals surface area contributed by atoms with Gasteiger partial charge in [0, 0.05) is 12.4 Å². The van der Waals surface area contributed by atoms with Crippen LogP contribution in [0.15, 0.2) is 25.0 Å². The van der Waals surface area contributed by atoms with E-state index in [1.54, 1.807) is 18.5 Å². The van der Waals surface area contributed by atoms with E-state index in [-0.39, 0.29) is 0 Å². The molecule has 0 saturated heterocycles. The first-order valence-electron chi connectivity index (χ1n) is 4.42. The molecule has 0 radical (unpaired) electrons. The topological polar surface area (TPSA) is 36.7 Å². The van der Waals surface area contributed by atoms with E-state index in [4.69, 9.17) is 5.26 Å². The molecule has 0 N–H and O–H groups in total. The summed E-state index contributed by atoms with van der Waals surface area (Å²) in [5.74, 6) is 0. The summed E-state index contributed by atoms with van der Waals surface area (Å²) < 4.78 is 0. The van der Waals surface area contributed by atoms with Crippen molar-refractivity contribution < 1.29 is 0 Å². The number of hydrogen-bond acceptors (Lipinski definition) is 2. The van der Waals surface area contributed by atoms with Gasteiger partial charge in [-0.1, -0.05) is 24.8 Å². The SMILES string of the molecule is C=Cc1cncc(CC#N)c1/C=C\C. The highest BCUT2D eigenvalue weighted by Gasteiger charge is 2.03. The highest BCUT2D eigenvalue weighted by Crippen LogP contribution is 2.16. The predicted molar refractivity (Wildman–Crippen MR) is 58.4 cm³/mol. The van der Waals surface area contributed by atoms with Crippen molar-refractivity contribution in [2.24, 2.45) is 0 Å². The van der Waals surface area contributed by atoms with E-state index in [2.05, 4.69) is 17.6 Å². The van der Waals surface area contributed by atoms with Gasteiger partial charge < -0.3 is 0 Å². The van der Waals surface area contributed by atoms with Crippen LogP contribution in [0.25, 0.3) is 12.2 Å². The number of nitrogens with zero attached hydrogens (tertiary/aromatic N) is 2. The Morgan fingerprint density at radius 1 is 1.57 bits per heavy atom. The van der Waals surface area contributed by atoms with Crippen LogP contribution in [0.4, 0.5) is 0 Å². The molecule has 0 saturated carbocycles. The molecule has 2 nitrogen and oxygen atoms in total. The molecule has 0 unspecified atom stereocenters. The summed E-state index contributed by atoms with van der Waals surface area (Å²) in [5, 5.41) is 8.65. The summed E-state index contributed by atoms with van der Waals surface area (Å²) in [4.78, 5) is 4.06. The summed E-state index contributed by atoms with van der Waals surface area (Å²) in [6.07, 6.45) is 9.54. The Labute approximate surface area is 84.2 Å². The summed E-state index contributed by atoms with van der Waals surface area (Å²) in [6.45, 7) is 5.67. The average molecular weight is 184 g/mol. The van der Waals surface area contributed by atoms with Crippen LogP contribution in [-0.4, -0.2) is 4.98 Å². The van der Waals surface area contributed by atoms with Crippen LogP contribution in [-0.2, 0) is 6.42 Å². The lowest BCUT2D eigenvalue weighted by Gasteiger charge is -2.04. The van der Waals surface area contributed by atoms with Gasteiger partial charge in [-0.15, -0.1) is 0 Å². The number of rotatable bonds is 3. The summed E-state index contributed by atoms with van der Waals surface area (Å²) in [7, 11) is 0. The van der Waals surface area contributed by atoms with Gasteiger partial charge in [0.15, 0.2) is 0 Å². The van der Waals surface area contributed by atoms with Gasteiger partial charge in [-0.3, -0.25) is 4.98 Å². The quantitative estimate of drug-likeness (QED) is 0.724. The third kappa shape index (κ3) is 2.08. The van der Waals surface area contributed by atoms with Crippen LogP contribution in [0.2, 0.25) is 0 Å². The van der Waals surface area contributed by atoms with Crippen LogP contribution in [0.5, 0.6) is 0 Å². The fourth-order valence-corrected chi connectivity index (χ4v) is 1.29. The van der Waals surface area contributed by atoms with Gasteiger partial charge in [0.05, 0.1) is 12.5 Å². The van der Waals surface area contributed by atoms with Crippen molar-refractivity contribution in [3.8, 4) is 6.07 Å². The van der Waals surface area contributed by atoms with E-state index < -0.39 is 0 Å². The maximum Gasteiger partial charge on any atom is 0.0670 e. The van der Waals surface area contributed by atoms with Gasteiger partial charge in [0.2, 0.25) is 0 Å². The van der Waals surface area contributed by atoms with Crippen molar-refractivity contribution in [1.82, 2.24) is 4.98 Å². The lowest BCUT2D eigenvalue weighted by molar-refractivity contribution is 1.17. The average Bonchev–Trinajstić information content (AvgIpc) is 2.21. The Balaban J connectivity index is 3.28. The van der Waals surface area contributed by atoms with E-state index in [9.17, 15) is 0 Å². The molecule has 0 aliphatic heterocycles. The molecular weight excluding hydrogens is 172 g/mol. The molecule has 1 rings (SSSR count). The molecule has 2 heteroatoms. The second kappa shape index (κ2) is 4.98. The molecule has 0 bridgehead atoms. The molecule has 70 valence electrons. The third-order valence-corrected chi connectivity index (χ3v) is 1.92. The Morgan fingerprint density at radius 2 is 2.36 bits per heavy atom. The van der Waals surface area contributed by atoms with Crippen LogP contribution in [0.1, 0.15) is 23.6 Å². The second-order valence-corrected chi connectivity index (χ2v) is 2.84. The molecule has 0 fully saturated rings. The molecule has 1 heterocycles. The van der Waals surface area contributed by atoms with Crippen molar-refractivity contribution in [2.75, 3.05) is 0 Å². The van der Waals surface area contributed by atoms with Crippen LogP contribution in [0.3, 0.4) is 0 Å².